The van der Waals surface area contributed by atoms with Crippen LogP contribution < -0.4 is 10.1 Å². The normalized spacial score (nSPS) is 11.6. The van der Waals surface area contributed by atoms with E-state index in [0.717, 1.165) is 33.6 Å². The number of aliphatic carboxylic acids is 1. The second-order valence-corrected chi connectivity index (χ2v) is 9.17. The summed E-state index contributed by atoms with van der Waals surface area (Å²) in [7, 11) is 1.63. The van der Waals surface area contributed by atoms with Crippen molar-refractivity contribution in [1.82, 2.24) is 5.32 Å². The van der Waals surface area contributed by atoms with Crippen LogP contribution in [0.3, 0.4) is 0 Å². The number of carboxylic acids is 1. The van der Waals surface area contributed by atoms with Crippen LogP contribution in [0.1, 0.15) is 33.5 Å². The molecule has 184 valence electrons. The third-order valence-corrected chi connectivity index (χ3v) is 6.32. The zero-order valence-electron chi connectivity index (χ0n) is 20.2. The number of carboxylic acid groups (broad SMARTS) is 1. The van der Waals surface area contributed by atoms with Gasteiger partial charge < -0.3 is 19.9 Å². The van der Waals surface area contributed by atoms with E-state index < -0.39 is 17.9 Å². The van der Waals surface area contributed by atoms with Crippen molar-refractivity contribution in [3.63, 3.8) is 0 Å². The second-order valence-electron chi connectivity index (χ2n) is 8.18. The van der Waals surface area contributed by atoms with E-state index in [-0.39, 0.29) is 0 Å². The largest absolute Gasteiger partial charge is 0.497 e. The molecule has 0 radical (unpaired) electrons. The highest BCUT2D eigenvalue weighted by Gasteiger charge is 2.22. The predicted octanol–water partition coefficient (Wildman–Crippen LogP) is 5.32. The van der Waals surface area contributed by atoms with E-state index in [2.05, 4.69) is 5.32 Å². The molecule has 0 fully saturated rings. The summed E-state index contributed by atoms with van der Waals surface area (Å²) in [4.78, 5) is 24.8. The standard InChI is InChI=1S/C28H31NO5S/c1-19-6-4-5-7-23(19)25-16-21(18-34-17-20-8-11-22(33-2)12-9-20)10-13-24(25)27(30)29-26(28(31)32)14-15-35-3/h4-13,16,26H,14-15,17-18H2,1-3H3,(H,29,30)(H,31,32). The van der Waals surface area contributed by atoms with Gasteiger partial charge in [-0.05, 0) is 77.4 Å². The van der Waals surface area contributed by atoms with E-state index in [1.807, 2.05) is 73.8 Å². The van der Waals surface area contributed by atoms with Crippen molar-refractivity contribution in [3.8, 4) is 16.9 Å². The Morgan fingerprint density at radius 3 is 2.31 bits per heavy atom. The van der Waals surface area contributed by atoms with E-state index in [0.29, 0.717) is 31.0 Å². The molecule has 0 saturated carbocycles. The summed E-state index contributed by atoms with van der Waals surface area (Å²) in [5.74, 6) is 0.00625. The van der Waals surface area contributed by atoms with E-state index in [9.17, 15) is 14.7 Å². The van der Waals surface area contributed by atoms with Gasteiger partial charge in [-0.25, -0.2) is 4.79 Å². The molecular weight excluding hydrogens is 462 g/mol. The fraction of sp³-hybridized carbons (Fsp3) is 0.286. The molecule has 3 aromatic carbocycles. The Morgan fingerprint density at radius 2 is 1.66 bits per heavy atom. The lowest BCUT2D eigenvalue weighted by atomic mass is 9.93. The minimum atomic E-state index is -1.03. The highest BCUT2D eigenvalue weighted by Crippen LogP contribution is 2.29. The van der Waals surface area contributed by atoms with Crippen LogP contribution in [-0.2, 0) is 22.7 Å². The Hall–Kier alpha value is -3.29. The van der Waals surface area contributed by atoms with Crippen LogP contribution in [0.15, 0.2) is 66.7 Å². The third kappa shape index (κ3) is 7.34. The number of amides is 1. The van der Waals surface area contributed by atoms with Gasteiger partial charge >= 0.3 is 5.97 Å². The molecule has 1 unspecified atom stereocenters. The first-order chi connectivity index (χ1) is 16.9. The van der Waals surface area contributed by atoms with Gasteiger partial charge in [-0.3, -0.25) is 4.79 Å². The maximum atomic E-state index is 13.2. The van der Waals surface area contributed by atoms with Crippen molar-refractivity contribution in [3.05, 3.63) is 89.0 Å². The summed E-state index contributed by atoms with van der Waals surface area (Å²) in [6.45, 7) is 2.81. The number of thioether (sulfide) groups is 1. The van der Waals surface area contributed by atoms with E-state index in [1.54, 1.807) is 24.9 Å². The van der Waals surface area contributed by atoms with Gasteiger partial charge in [0.2, 0.25) is 0 Å². The third-order valence-electron chi connectivity index (χ3n) is 5.67. The molecule has 7 heteroatoms. The van der Waals surface area contributed by atoms with Crippen LogP contribution in [0, 0.1) is 6.92 Å². The summed E-state index contributed by atoms with van der Waals surface area (Å²) >= 11 is 1.55. The molecule has 6 nitrogen and oxygen atoms in total. The number of aryl methyl sites for hydroxylation is 1. The van der Waals surface area contributed by atoms with Gasteiger partial charge in [-0.1, -0.05) is 42.5 Å². The Balaban J connectivity index is 1.82. The van der Waals surface area contributed by atoms with Gasteiger partial charge in [-0.15, -0.1) is 0 Å². The Bertz CT molecular complexity index is 1150. The molecule has 1 amide bonds. The number of carbonyl (C=O) groups is 2. The smallest absolute Gasteiger partial charge is 0.326 e. The predicted molar refractivity (Wildman–Crippen MR) is 140 cm³/mol. The number of nitrogens with one attached hydrogen (secondary N) is 1. The second kappa shape index (κ2) is 13.0. The van der Waals surface area contributed by atoms with E-state index in [4.69, 9.17) is 9.47 Å². The number of carbonyl (C=O) groups excluding carboxylic acids is 1. The van der Waals surface area contributed by atoms with Crippen molar-refractivity contribution in [2.75, 3.05) is 19.1 Å². The SMILES string of the molecule is COc1ccc(COCc2ccc(C(=O)NC(CCSC)C(=O)O)c(-c3ccccc3C)c2)cc1. The quantitative estimate of drug-likeness (QED) is 0.355. The lowest BCUT2D eigenvalue weighted by molar-refractivity contribution is -0.139. The highest BCUT2D eigenvalue weighted by atomic mass is 32.2. The maximum Gasteiger partial charge on any atom is 0.326 e. The van der Waals surface area contributed by atoms with Crippen LogP contribution in [0.4, 0.5) is 0 Å². The average molecular weight is 494 g/mol. The molecule has 3 aromatic rings. The van der Waals surface area contributed by atoms with Gasteiger partial charge in [0.05, 0.1) is 20.3 Å². The van der Waals surface area contributed by atoms with Crippen LogP contribution in [-0.4, -0.2) is 42.1 Å². The summed E-state index contributed by atoms with van der Waals surface area (Å²) in [5, 5.41) is 12.2. The Morgan fingerprint density at radius 1 is 0.971 bits per heavy atom. The first-order valence-electron chi connectivity index (χ1n) is 11.3. The molecule has 35 heavy (non-hydrogen) atoms. The van der Waals surface area contributed by atoms with E-state index in [1.165, 1.54) is 0 Å². The minimum absolute atomic E-state index is 0.360. The molecule has 3 rings (SSSR count). The number of rotatable bonds is 12. The number of methoxy groups -OCH3 is 1. The molecule has 0 aliphatic rings. The van der Waals surface area contributed by atoms with Crippen molar-refractivity contribution in [2.24, 2.45) is 0 Å². The number of hydrogen-bond donors (Lipinski definition) is 2. The van der Waals surface area contributed by atoms with E-state index >= 15 is 0 Å². The van der Waals surface area contributed by atoms with Crippen LogP contribution in [0.5, 0.6) is 5.75 Å². The maximum absolute atomic E-state index is 13.2. The van der Waals surface area contributed by atoms with Crippen molar-refractivity contribution in [2.45, 2.75) is 32.6 Å². The molecule has 0 saturated heterocycles. The van der Waals surface area contributed by atoms with Gasteiger partial charge in [0.1, 0.15) is 11.8 Å². The Kier molecular flexibility index (Phi) is 9.76. The molecule has 0 heterocycles. The first kappa shape index (κ1) is 26.3. The molecule has 0 bridgehead atoms. The molecule has 0 aliphatic carbocycles. The van der Waals surface area contributed by atoms with Crippen LogP contribution in [0.25, 0.3) is 11.1 Å². The van der Waals surface area contributed by atoms with Gasteiger partial charge in [0.15, 0.2) is 0 Å². The molecule has 0 aliphatic heterocycles. The van der Waals surface area contributed by atoms with Crippen molar-refractivity contribution < 1.29 is 24.2 Å². The fourth-order valence-electron chi connectivity index (χ4n) is 3.71. The summed E-state index contributed by atoms with van der Waals surface area (Å²) in [5.41, 5.74) is 5.09. The van der Waals surface area contributed by atoms with Crippen LogP contribution in [0.2, 0.25) is 0 Å². The molecule has 2 N–H and O–H groups in total. The summed E-state index contributed by atoms with van der Waals surface area (Å²) < 4.78 is 11.1. The zero-order chi connectivity index (χ0) is 25.2. The van der Waals surface area contributed by atoms with Crippen LogP contribution >= 0.6 is 11.8 Å². The average Bonchev–Trinajstić information content (AvgIpc) is 2.87. The first-order valence-corrected chi connectivity index (χ1v) is 12.7. The number of hydrogen-bond acceptors (Lipinski definition) is 5. The molecule has 1 atom stereocenters. The van der Waals surface area contributed by atoms with Gasteiger partial charge in [0, 0.05) is 5.56 Å². The topological polar surface area (TPSA) is 84.9 Å². The minimum Gasteiger partial charge on any atom is -0.497 e. The number of benzene rings is 3. The highest BCUT2D eigenvalue weighted by molar-refractivity contribution is 7.98. The van der Waals surface area contributed by atoms with Crippen molar-refractivity contribution in [1.29, 1.82) is 0 Å². The van der Waals surface area contributed by atoms with Gasteiger partial charge in [0.25, 0.3) is 5.91 Å². The number of ether oxygens (including phenoxy) is 2. The molecular formula is C28H31NO5S. The molecule has 0 spiro atoms. The lowest BCUT2D eigenvalue weighted by Gasteiger charge is -2.18. The summed E-state index contributed by atoms with van der Waals surface area (Å²) in [6.07, 6.45) is 2.27. The monoisotopic (exact) mass is 493 g/mol. The molecule has 0 aromatic heterocycles. The summed E-state index contributed by atoms with van der Waals surface area (Å²) in [6, 6.07) is 20.1. The zero-order valence-corrected chi connectivity index (χ0v) is 21.1. The van der Waals surface area contributed by atoms with Crippen molar-refractivity contribution >= 4 is 23.6 Å². The fourth-order valence-corrected chi connectivity index (χ4v) is 4.19. The lowest BCUT2D eigenvalue weighted by Crippen LogP contribution is -2.41. The Labute approximate surface area is 210 Å². The van der Waals surface area contributed by atoms with Gasteiger partial charge in [-0.2, -0.15) is 11.8 Å².